The average Bonchev–Trinajstić information content (AvgIpc) is 3.05. The van der Waals surface area contributed by atoms with Gasteiger partial charge in [0.25, 0.3) is 0 Å². The zero-order valence-corrected chi connectivity index (χ0v) is 12.3. The number of hydrogen-bond acceptors (Lipinski definition) is 1. The van der Waals surface area contributed by atoms with E-state index in [4.69, 9.17) is 11.6 Å². The molecular weight excluding hydrogens is 254 g/mol. The Morgan fingerprint density at radius 2 is 1.95 bits per heavy atom. The lowest BCUT2D eigenvalue weighted by Gasteiger charge is -2.33. The van der Waals surface area contributed by atoms with Gasteiger partial charge in [-0.1, -0.05) is 30.2 Å². The molecule has 1 N–H and O–H groups in total. The van der Waals surface area contributed by atoms with Crippen LogP contribution in [0.5, 0.6) is 0 Å². The second-order valence-electron chi connectivity index (χ2n) is 6.84. The Kier molecular flexibility index (Phi) is 2.80. The quantitative estimate of drug-likeness (QED) is 0.811. The van der Waals surface area contributed by atoms with Crippen LogP contribution in [0, 0.1) is 30.6 Å². The molecule has 1 nitrogen and oxygen atoms in total. The van der Waals surface area contributed by atoms with E-state index in [0.717, 1.165) is 28.7 Å². The molecule has 3 aliphatic rings. The molecule has 2 bridgehead atoms. The summed E-state index contributed by atoms with van der Waals surface area (Å²) in [6, 6.07) is 6.86. The number of para-hydroxylation sites is 1. The summed E-state index contributed by atoms with van der Waals surface area (Å²) in [4.78, 5) is 0. The van der Waals surface area contributed by atoms with Crippen molar-refractivity contribution in [2.75, 3.05) is 5.32 Å². The molecule has 5 atom stereocenters. The maximum atomic E-state index is 6.36. The van der Waals surface area contributed by atoms with Gasteiger partial charge in [-0.2, -0.15) is 0 Å². The summed E-state index contributed by atoms with van der Waals surface area (Å²) in [5.41, 5.74) is 2.45. The maximum absolute atomic E-state index is 6.36. The second-order valence-corrected chi connectivity index (χ2v) is 7.24. The highest BCUT2D eigenvalue weighted by Crippen LogP contribution is 2.59. The molecule has 0 amide bonds. The van der Waals surface area contributed by atoms with Crippen LogP contribution in [0.2, 0.25) is 5.02 Å². The van der Waals surface area contributed by atoms with Crippen LogP contribution < -0.4 is 5.32 Å². The average molecular weight is 276 g/mol. The molecule has 1 aromatic rings. The van der Waals surface area contributed by atoms with Crippen LogP contribution in [0.1, 0.15) is 37.7 Å². The molecule has 3 aliphatic carbocycles. The van der Waals surface area contributed by atoms with Crippen molar-refractivity contribution in [3.63, 3.8) is 0 Å². The largest absolute Gasteiger partial charge is 0.381 e. The summed E-state index contributed by atoms with van der Waals surface area (Å²) in [5.74, 6) is 3.99. The van der Waals surface area contributed by atoms with Gasteiger partial charge in [0.05, 0.1) is 10.7 Å². The Labute approximate surface area is 120 Å². The lowest BCUT2D eigenvalue weighted by molar-refractivity contribution is 0.243. The van der Waals surface area contributed by atoms with Crippen LogP contribution in [0.4, 0.5) is 5.69 Å². The number of nitrogens with one attached hydrogen (secondary N) is 1. The van der Waals surface area contributed by atoms with Crippen molar-refractivity contribution in [3.8, 4) is 0 Å². The molecule has 0 aromatic heterocycles. The van der Waals surface area contributed by atoms with Crippen molar-refractivity contribution in [1.29, 1.82) is 0 Å². The zero-order chi connectivity index (χ0) is 13.0. The summed E-state index contributed by atoms with van der Waals surface area (Å²) in [7, 11) is 0. The van der Waals surface area contributed by atoms with Gasteiger partial charge < -0.3 is 5.32 Å². The topological polar surface area (TPSA) is 12.0 Å². The standard InChI is InChI=1S/C17H22ClN/c1-10-4-2-7-15(18)17(10)19-16-9-11-8-14(16)13-6-3-5-12(11)13/h2,4,7,11-14,16,19H,3,5-6,8-9H2,1H3. The molecule has 3 saturated carbocycles. The molecule has 0 heterocycles. The van der Waals surface area contributed by atoms with Crippen LogP contribution in [0.25, 0.3) is 0 Å². The van der Waals surface area contributed by atoms with Crippen LogP contribution in [-0.2, 0) is 0 Å². The highest BCUT2D eigenvalue weighted by molar-refractivity contribution is 6.33. The number of anilines is 1. The van der Waals surface area contributed by atoms with Crippen molar-refractivity contribution in [3.05, 3.63) is 28.8 Å². The molecule has 1 aromatic carbocycles. The third-order valence-electron chi connectivity index (χ3n) is 5.98. The molecule has 0 saturated heterocycles. The summed E-state index contributed by atoms with van der Waals surface area (Å²) in [6.45, 7) is 2.15. The van der Waals surface area contributed by atoms with E-state index in [1.54, 1.807) is 0 Å². The minimum atomic E-state index is 0.669. The van der Waals surface area contributed by atoms with E-state index in [2.05, 4.69) is 18.3 Å². The summed E-state index contributed by atoms with van der Waals surface area (Å²) in [5, 5.41) is 4.67. The van der Waals surface area contributed by atoms with Gasteiger partial charge in [-0.3, -0.25) is 0 Å². The second kappa shape index (κ2) is 4.41. The monoisotopic (exact) mass is 275 g/mol. The van der Waals surface area contributed by atoms with Gasteiger partial charge >= 0.3 is 0 Å². The van der Waals surface area contributed by atoms with E-state index >= 15 is 0 Å². The smallest absolute Gasteiger partial charge is 0.0640 e. The Morgan fingerprint density at radius 3 is 2.79 bits per heavy atom. The third kappa shape index (κ3) is 1.81. The first-order chi connectivity index (χ1) is 9.24. The molecule has 4 rings (SSSR count). The lowest BCUT2D eigenvalue weighted by Crippen LogP contribution is -2.34. The maximum Gasteiger partial charge on any atom is 0.0640 e. The van der Waals surface area contributed by atoms with E-state index in [1.165, 1.54) is 43.4 Å². The summed E-state index contributed by atoms with van der Waals surface area (Å²) in [6.07, 6.45) is 7.29. The zero-order valence-electron chi connectivity index (χ0n) is 11.5. The van der Waals surface area contributed by atoms with Gasteiger partial charge in [0.2, 0.25) is 0 Å². The Morgan fingerprint density at radius 1 is 1.11 bits per heavy atom. The van der Waals surface area contributed by atoms with Crippen LogP contribution in [0.15, 0.2) is 18.2 Å². The molecule has 2 heteroatoms. The lowest BCUT2D eigenvalue weighted by atomic mass is 9.79. The summed E-state index contributed by atoms with van der Waals surface area (Å²) >= 11 is 6.36. The van der Waals surface area contributed by atoms with Gasteiger partial charge in [-0.15, -0.1) is 0 Å². The molecule has 0 aliphatic heterocycles. The third-order valence-corrected chi connectivity index (χ3v) is 6.30. The van der Waals surface area contributed by atoms with E-state index in [1.807, 2.05) is 12.1 Å². The van der Waals surface area contributed by atoms with Crippen molar-refractivity contribution >= 4 is 17.3 Å². The first-order valence-corrected chi connectivity index (χ1v) is 8.13. The first kappa shape index (κ1) is 12.1. The van der Waals surface area contributed by atoms with Crippen molar-refractivity contribution in [1.82, 2.24) is 0 Å². The van der Waals surface area contributed by atoms with Gasteiger partial charge in [-0.25, -0.2) is 0 Å². The number of rotatable bonds is 2. The fourth-order valence-corrected chi connectivity index (χ4v) is 5.51. The SMILES string of the molecule is Cc1cccc(Cl)c1NC1CC2CC1C1CCCC21. The van der Waals surface area contributed by atoms with Gasteiger partial charge in [0.15, 0.2) is 0 Å². The number of aryl methyl sites for hydroxylation is 1. The Balaban J connectivity index is 1.56. The van der Waals surface area contributed by atoms with Crippen molar-refractivity contribution < 1.29 is 0 Å². The molecule has 5 unspecified atom stereocenters. The van der Waals surface area contributed by atoms with Crippen molar-refractivity contribution in [2.45, 2.75) is 45.1 Å². The highest BCUT2D eigenvalue weighted by atomic mass is 35.5. The van der Waals surface area contributed by atoms with Crippen LogP contribution in [0.3, 0.4) is 0 Å². The van der Waals surface area contributed by atoms with Gasteiger partial charge in [0, 0.05) is 6.04 Å². The molecule has 19 heavy (non-hydrogen) atoms. The normalized spacial score (nSPS) is 39.6. The van der Waals surface area contributed by atoms with E-state index in [-0.39, 0.29) is 0 Å². The highest BCUT2D eigenvalue weighted by Gasteiger charge is 2.53. The van der Waals surface area contributed by atoms with Crippen LogP contribution in [-0.4, -0.2) is 6.04 Å². The molecule has 3 fully saturated rings. The molecular formula is C17H22ClN. The fourth-order valence-electron chi connectivity index (χ4n) is 5.23. The van der Waals surface area contributed by atoms with E-state index in [9.17, 15) is 0 Å². The number of halogens is 1. The predicted octanol–water partition coefficient (Wildman–Crippen LogP) is 4.89. The minimum Gasteiger partial charge on any atom is -0.381 e. The van der Waals surface area contributed by atoms with E-state index < -0.39 is 0 Å². The fraction of sp³-hybridized carbons (Fsp3) is 0.647. The molecule has 0 spiro atoms. The van der Waals surface area contributed by atoms with Crippen molar-refractivity contribution in [2.24, 2.45) is 23.7 Å². The number of fused-ring (bicyclic) bond motifs is 5. The first-order valence-electron chi connectivity index (χ1n) is 7.75. The van der Waals surface area contributed by atoms with Gasteiger partial charge in [0.1, 0.15) is 0 Å². The minimum absolute atomic E-state index is 0.669. The predicted molar refractivity (Wildman–Crippen MR) is 80.6 cm³/mol. The van der Waals surface area contributed by atoms with E-state index in [0.29, 0.717) is 6.04 Å². The Hall–Kier alpha value is -0.690. The summed E-state index contributed by atoms with van der Waals surface area (Å²) < 4.78 is 0. The molecule has 102 valence electrons. The Bertz CT molecular complexity index is 478. The number of benzene rings is 1. The van der Waals surface area contributed by atoms with Gasteiger partial charge in [-0.05, 0) is 67.9 Å². The van der Waals surface area contributed by atoms with Crippen LogP contribution >= 0.6 is 11.6 Å². The number of hydrogen-bond donors (Lipinski definition) is 1. The molecule has 0 radical (unpaired) electrons.